The molecule has 1 saturated heterocycles. The first-order valence-corrected chi connectivity index (χ1v) is 12.2. The van der Waals surface area contributed by atoms with Crippen molar-refractivity contribution in [2.75, 3.05) is 43.0 Å². The Hall–Kier alpha value is -3.22. The lowest BCUT2D eigenvalue weighted by molar-refractivity contribution is -0.134. The van der Waals surface area contributed by atoms with E-state index in [-0.39, 0.29) is 17.9 Å². The minimum atomic E-state index is -0.586. The molecule has 34 heavy (non-hydrogen) atoms. The molecule has 0 radical (unpaired) electrons. The second-order valence-electron chi connectivity index (χ2n) is 9.31. The monoisotopic (exact) mass is 466 g/mol. The van der Waals surface area contributed by atoms with E-state index in [0.717, 1.165) is 24.5 Å². The van der Waals surface area contributed by atoms with Crippen LogP contribution < -0.4 is 20.3 Å². The van der Waals surface area contributed by atoms with Crippen molar-refractivity contribution in [1.82, 2.24) is 10.2 Å². The second-order valence-corrected chi connectivity index (χ2v) is 9.31. The summed E-state index contributed by atoms with van der Waals surface area (Å²) in [4.78, 5) is 30.1. The predicted molar refractivity (Wildman–Crippen MR) is 138 cm³/mol. The number of carbonyl (C=O) groups excluding carboxylic acids is 2. The Morgan fingerprint density at radius 3 is 2.18 bits per heavy atom. The molecule has 2 N–H and O–H groups in total. The van der Waals surface area contributed by atoms with Gasteiger partial charge in [0.05, 0.1) is 12.3 Å². The van der Waals surface area contributed by atoms with Gasteiger partial charge in [0.25, 0.3) is 0 Å². The lowest BCUT2D eigenvalue weighted by Gasteiger charge is -2.38. The quantitative estimate of drug-likeness (QED) is 0.591. The summed E-state index contributed by atoms with van der Waals surface area (Å²) in [6.07, 6.45) is 0. The van der Waals surface area contributed by atoms with Gasteiger partial charge in [-0.25, -0.2) is 4.79 Å². The summed E-state index contributed by atoms with van der Waals surface area (Å²) >= 11 is 0. The van der Waals surface area contributed by atoms with E-state index >= 15 is 0 Å². The molecule has 0 aromatic heterocycles. The molecule has 1 atom stereocenters. The standard InChI is InChI=1S/C27H38N4O3/c1-6-34-24-10-8-7-9-23(24)30-15-17-31(18-16-30)26(32)25(20(4)5)29-27(33)28-22-13-11-21(12-14-22)19(2)3/h7-14,19-20,25H,6,15-18H2,1-5H3,(H2,28,29,33). The molecule has 7 heteroatoms. The fourth-order valence-electron chi connectivity index (χ4n) is 4.13. The molecule has 3 rings (SSSR count). The van der Waals surface area contributed by atoms with Gasteiger partial charge in [-0.3, -0.25) is 4.79 Å². The summed E-state index contributed by atoms with van der Waals surface area (Å²) in [7, 11) is 0. The number of para-hydroxylation sites is 2. The number of benzene rings is 2. The number of nitrogens with one attached hydrogen (secondary N) is 2. The number of carbonyl (C=O) groups is 2. The van der Waals surface area contributed by atoms with Crippen molar-refractivity contribution in [3.05, 3.63) is 54.1 Å². The molecule has 0 spiro atoms. The highest BCUT2D eigenvalue weighted by molar-refractivity contribution is 5.94. The van der Waals surface area contributed by atoms with Gasteiger partial charge in [-0.2, -0.15) is 0 Å². The van der Waals surface area contributed by atoms with Crippen LogP contribution in [0.2, 0.25) is 0 Å². The summed E-state index contributed by atoms with van der Waals surface area (Å²) in [6.45, 7) is 13.4. The summed E-state index contributed by atoms with van der Waals surface area (Å²) in [5, 5.41) is 5.75. The van der Waals surface area contributed by atoms with Crippen molar-refractivity contribution >= 4 is 23.3 Å². The smallest absolute Gasteiger partial charge is 0.319 e. The lowest BCUT2D eigenvalue weighted by atomic mass is 10.0. The molecule has 2 aromatic carbocycles. The van der Waals surface area contributed by atoms with Crippen LogP contribution in [0.4, 0.5) is 16.2 Å². The highest BCUT2D eigenvalue weighted by atomic mass is 16.5. The third-order valence-corrected chi connectivity index (χ3v) is 6.15. The summed E-state index contributed by atoms with van der Waals surface area (Å²) in [5.74, 6) is 1.22. The molecule has 0 bridgehead atoms. The van der Waals surface area contributed by atoms with E-state index < -0.39 is 6.04 Å². The van der Waals surface area contributed by atoms with Crippen molar-refractivity contribution < 1.29 is 14.3 Å². The van der Waals surface area contributed by atoms with E-state index in [4.69, 9.17) is 4.74 Å². The topological polar surface area (TPSA) is 73.9 Å². The molecule has 0 saturated carbocycles. The Morgan fingerprint density at radius 1 is 0.941 bits per heavy atom. The van der Waals surface area contributed by atoms with Crippen LogP contribution in [0.15, 0.2) is 48.5 Å². The first-order chi connectivity index (χ1) is 16.3. The highest BCUT2D eigenvalue weighted by Crippen LogP contribution is 2.29. The zero-order chi connectivity index (χ0) is 24.7. The Labute approximate surface area is 203 Å². The van der Waals surface area contributed by atoms with Crippen molar-refractivity contribution in [2.45, 2.75) is 46.6 Å². The number of anilines is 2. The molecular formula is C27H38N4O3. The van der Waals surface area contributed by atoms with E-state index in [1.54, 1.807) is 0 Å². The number of piperazine rings is 1. The van der Waals surface area contributed by atoms with Crippen LogP contribution >= 0.6 is 0 Å². The maximum Gasteiger partial charge on any atom is 0.319 e. The van der Waals surface area contributed by atoms with E-state index in [2.05, 4.69) is 35.4 Å². The number of rotatable bonds is 8. The third kappa shape index (κ3) is 6.43. The normalized spacial score (nSPS) is 14.8. The SMILES string of the molecule is CCOc1ccccc1N1CCN(C(=O)C(NC(=O)Nc2ccc(C(C)C)cc2)C(C)C)CC1. The number of amides is 3. The third-order valence-electron chi connectivity index (χ3n) is 6.15. The van der Waals surface area contributed by atoms with Gasteiger partial charge >= 0.3 is 6.03 Å². The number of hydrogen-bond acceptors (Lipinski definition) is 4. The Bertz CT molecular complexity index is 951. The molecule has 1 aliphatic heterocycles. The molecule has 0 aliphatic carbocycles. The molecule has 7 nitrogen and oxygen atoms in total. The van der Waals surface area contributed by atoms with Crippen LogP contribution in [0.25, 0.3) is 0 Å². The first-order valence-electron chi connectivity index (χ1n) is 12.2. The number of ether oxygens (including phenoxy) is 1. The zero-order valence-corrected chi connectivity index (χ0v) is 21.0. The van der Waals surface area contributed by atoms with Crippen molar-refractivity contribution in [1.29, 1.82) is 0 Å². The first kappa shape index (κ1) is 25.4. The van der Waals surface area contributed by atoms with Crippen LogP contribution in [0.3, 0.4) is 0 Å². The fraction of sp³-hybridized carbons (Fsp3) is 0.481. The van der Waals surface area contributed by atoms with Gasteiger partial charge < -0.3 is 25.2 Å². The maximum absolute atomic E-state index is 13.3. The maximum atomic E-state index is 13.3. The van der Waals surface area contributed by atoms with Gasteiger partial charge in [0.1, 0.15) is 11.8 Å². The van der Waals surface area contributed by atoms with Crippen molar-refractivity contribution in [2.24, 2.45) is 5.92 Å². The van der Waals surface area contributed by atoms with Gasteiger partial charge in [0.15, 0.2) is 0 Å². The minimum Gasteiger partial charge on any atom is -0.492 e. The van der Waals surface area contributed by atoms with E-state index in [0.29, 0.717) is 31.3 Å². The van der Waals surface area contributed by atoms with Crippen LogP contribution in [0.5, 0.6) is 5.75 Å². The van der Waals surface area contributed by atoms with Crippen molar-refractivity contribution in [3.63, 3.8) is 0 Å². The molecule has 3 amide bonds. The molecule has 1 unspecified atom stereocenters. The molecular weight excluding hydrogens is 428 g/mol. The molecule has 1 fully saturated rings. The van der Waals surface area contributed by atoms with Gasteiger partial charge in [-0.1, -0.05) is 52.0 Å². The molecule has 184 valence electrons. The summed E-state index contributed by atoms with van der Waals surface area (Å²) in [6, 6.07) is 14.8. The van der Waals surface area contributed by atoms with Crippen molar-refractivity contribution in [3.8, 4) is 5.75 Å². The Balaban J connectivity index is 1.58. The Kier molecular flexibility index (Phi) is 8.79. The van der Waals surface area contributed by atoms with Gasteiger partial charge in [-0.05, 0) is 48.6 Å². The molecule has 2 aromatic rings. The van der Waals surface area contributed by atoms with E-state index in [1.165, 1.54) is 5.56 Å². The number of nitrogens with zero attached hydrogens (tertiary/aromatic N) is 2. The van der Waals surface area contributed by atoms with Crippen LogP contribution in [0, 0.1) is 5.92 Å². The van der Waals surface area contributed by atoms with Gasteiger partial charge in [0.2, 0.25) is 5.91 Å². The number of hydrogen-bond donors (Lipinski definition) is 2. The van der Waals surface area contributed by atoms with Crippen LogP contribution in [0.1, 0.15) is 46.1 Å². The van der Waals surface area contributed by atoms with E-state index in [9.17, 15) is 9.59 Å². The fourth-order valence-corrected chi connectivity index (χ4v) is 4.13. The number of urea groups is 1. The summed E-state index contributed by atoms with van der Waals surface area (Å²) < 4.78 is 5.77. The average molecular weight is 467 g/mol. The summed E-state index contributed by atoms with van der Waals surface area (Å²) in [5.41, 5.74) is 2.97. The minimum absolute atomic E-state index is 0.0294. The predicted octanol–water partition coefficient (Wildman–Crippen LogP) is 4.70. The lowest BCUT2D eigenvalue weighted by Crippen LogP contribution is -2.57. The largest absolute Gasteiger partial charge is 0.492 e. The Morgan fingerprint density at radius 2 is 1.59 bits per heavy atom. The van der Waals surface area contributed by atoms with Gasteiger partial charge in [-0.15, -0.1) is 0 Å². The van der Waals surface area contributed by atoms with Crippen LogP contribution in [-0.4, -0.2) is 55.7 Å². The van der Waals surface area contributed by atoms with Gasteiger partial charge in [0, 0.05) is 31.9 Å². The highest BCUT2D eigenvalue weighted by Gasteiger charge is 2.31. The average Bonchev–Trinajstić information content (AvgIpc) is 2.83. The molecule has 1 heterocycles. The van der Waals surface area contributed by atoms with Crippen LogP contribution in [-0.2, 0) is 4.79 Å². The van der Waals surface area contributed by atoms with E-state index in [1.807, 2.05) is 68.1 Å². The zero-order valence-electron chi connectivity index (χ0n) is 21.0. The second kappa shape index (κ2) is 11.8. The molecule has 1 aliphatic rings.